The monoisotopic (exact) mass is 255 g/mol. The molecule has 5 heteroatoms. The van der Waals surface area contributed by atoms with Crippen LogP contribution in [0.5, 0.6) is 0 Å². The summed E-state index contributed by atoms with van der Waals surface area (Å²) < 4.78 is 40.9. The average molecular weight is 255 g/mol. The first-order valence-corrected chi connectivity index (χ1v) is 6.23. The first kappa shape index (κ1) is 16.7. The number of alkyl halides is 3. The van der Waals surface area contributed by atoms with Crippen LogP contribution in [0.1, 0.15) is 40.0 Å². The lowest BCUT2D eigenvalue weighted by Crippen LogP contribution is -2.28. The molecule has 0 aliphatic heterocycles. The zero-order valence-electron chi connectivity index (χ0n) is 10.9. The van der Waals surface area contributed by atoms with Gasteiger partial charge in [0.05, 0.1) is 0 Å². The van der Waals surface area contributed by atoms with Gasteiger partial charge in [-0.2, -0.15) is 13.2 Å². The Morgan fingerprint density at radius 1 is 1.06 bits per heavy atom. The average Bonchev–Trinajstić information content (AvgIpc) is 2.19. The minimum Gasteiger partial charge on any atom is -0.369 e. The van der Waals surface area contributed by atoms with Crippen LogP contribution in [0.2, 0.25) is 0 Å². The van der Waals surface area contributed by atoms with Crippen LogP contribution in [-0.2, 0) is 4.74 Å². The van der Waals surface area contributed by atoms with Gasteiger partial charge in [0.1, 0.15) is 0 Å². The van der Waals surface area contributed by atoms with E-state index in [0.717, 1.165) is 32.9 Å². The van der Waals surface area contributed by atoms with Gasteiger partial charge in [0, 0.05) is 6.61 Å². The SMILES string of the molecule is CC(C)CNCCCCCOC(C)C(F)(F)F. The number of nitrogens with one attached hydrogen (secondary N) is 1. The number of hydrogen-bond acceptors (Lipinski definition) is 2. The molecule has 17 heavy (non-hydrogen) atoms. The summed E-state index contributed by atoms with van der Waals surface area (Å²) in [6, 6.07) is 0. The van der Waals surface area contributed by atoms with Crippen molar-refractivity contribution in [2.24, 2.45) is 5.92 Å². The van der Waals surface area contributed by atoms with Gasteiger partial charge in [0.2, 0.25) is 0 Å². The predicted octanol–water partition coefficient (Wildman–Crippen LogP) is 3.37. The lowest BCUT2D eigenvalue weighted by atomic mass is 10.2. The van der Waals surface area contributed by atoms with Gasteiger partial charge in [-0.3, -0.25) is 0 Å². The molecule has 0 fully saturated rings. The van der Waals surface area contributed by atoms with Gasteiger partial charge in [-0.25, -0.2) is 0 Å². The molecule has 1 atom stereocenters. The first-order chi connectivity index (χ1) is 7.84. The zero-order valence-corrected chi connectivity index (χ0v) is 10.9. The summed E-state index contributed by atoms with van der Waals surface area (Å²) >= 11 is 0. The molecule has 0 heterocycles. The molecule has 2 nitrogen and oxygen atoms in total. The molecule has 0 amide bonds. The Morgan fingerprint density at radius 3 is 2.24 bits per heavy atom. The molecule has 0 aliphatic rings. The van der Waals surface area contributed by atoms with Crippen molar-refractivity contribution >= 4 is 0 Å². The molecule has 104 valence electrons. The van der Waals surface area contributed by atoms with Crippen molar-refractivity contribution in [2.75, 3.05) is 19.7 Å². The Hall–Kier alpha value is -0.290. The van der Waals surface area contributed by atoms with Crippen molar-refractivity contribution in [1.29, 1.82) is 0 Å². The van der Waals surface area contributed by atoms with Crippen LogP contribution in [0.25, 0.3) is 0 Å². The van der Waals surface area contributed by atoms with Crippen molar-refractivity contribution in [3.63, 3.8) is 0 Å². The highest BCUT2D eigenvalue weighted by atomic mass is 19.4. The molecule has 0 saturated heterocycles. The Kier molecular flexibility index (Phi) is 8.60. The Morgan fingerprint density at radius 2 is 1.71 bits per heavy atom. The van der Waals surface area contributed by atoms with Crippen LogP contribution in [0, 0.1) is 5.92 Å². The third-order valence-electron chi connectivity index (χ3n) is 2.38. The third kappa shape index (κ3) is 10.6. The molecule has 0 spiro atoms. The van der Waals surface area contributed by atoms with Crippen LogP contribution < -0.4 is 5.32 Å². The maximum atomic E-state index is 12.1. The standard InChI is InChI=1S/C12H24F3NO/c1-10(2)9-16-7-5-4-6-8-17-11(3)12(13,14)15/h10-11,16H,4-9H2,1-3H3. The van der Waals surface area contributed by atoms with Gasteiger partial charge in [0.15, 0.2) is 6.10 Å². The molecule has 0 aliphatic carbocycles. The highest BCUT2D eigenvalue weighted by Gasteiger charge is 2.36. The van der Waals surface area contributed by atoms with E-state index < -0.39 is 12.3 Å². The van der Waals surface area contributed by atoms with Crippen LogP contribution in [0.4, 0.5) is 13.2 Å². The number of hydrogen-bond donors (Lipinski definition) is 1. The van der Waals surface area contributed by atoms with Crippen molar-refractivity contribution in [3.8, 4) is 0 Å². The minimum absolute atomic E-state index is 0.185. The van der Waals surface area contributed by atoms with Crippen molar-refractivity contribution in [2.45, 2.75) is 52.3 Å². The fourth-order valence-electron chi connectivity index (χ4n) is 1.27. The van der Waals surface area contributed by atoms with Gasteiger partial charge in [-0.15, -0.1) is 0 Å². The second kappa shape index (κ2) is 8.75. The Balaban J connectivity index is 3.24. The fraction of sp³-hybridized carbons (Fsp3) is 1.00. The molecule has 0 bridgehead atoms. The molecule has 1 unspecified atom stereocenters. The predicted molar refractivity (Wildman–Crippen MR) is 63.0 cm³/mol. The summed E-state index contributed by atoms with van der Waals surface area (Å²) in [5.41, 5.74) is 0. The zero-order chi connectivity index (χ0) is 13.3. The van der Waals surface area contributed by atoms with E-state index in [1.54, 1.807) is 0 Å². The molecule has 0 saturated carbocycles. The summed E-state index contributed by atoms with van der Waals surface area (Å²) in [4.78, 5) is 0. The van der Waals surface area contributed by atoms with E-state index in [1.807, 2.05) is 0 Å². The highest BCUT2D eigenvalue weighted by molar-refractivity contribution is 4.60. The van der Waals surface area contributed by atoms with E-state index in [2.05, 4.69) is 19.2 Å². The van der Waals surface area contributed by atoms with E-state index >= 15 is 0 Å². The minimum atomic E-state index is -4.24. The smallest absolute Gasteiger partial charge is 0.369 e. The largest absolute Gasteiger partial charge is 0.414 e. The van der Waals surface area contributed by atoms with Gasteiger partial charge in [-0.05, 0) is 45.2 Å². The quantitative estimate of drug-likeness (QED) is 0.638. The van der Waals surface area contributed by atoms with Crippen LogP contribution in [0.3, 0.4) is 0 Å². The number of unbranched alkanes of at least 4 members (excludes halogenated alkanes) is 2. The lowest BCUT2D eigenvalue weighted by molar-refractivity contribution is -0.214. The second-order valence-corrected chi connectivity index (χ2v) is 4.71. The van der Waals surface area contributed by atoms with E-state index in [4.69, 9.17) is 4.74 Å². The summed E-state index contributed by atoms with van der Waals surface area (Å²) in [5.74, 6) is 0.631. The van der Waals surface area contributed by atoms with Crippen LogP contribution in [-0.4, -0.2) is 32.0 Å². The first-order valence-electron chi connectivity index (χ1n) is 6.23. The normalized spacial score (nSPS) is 14.3. The molecule has 0 aromatic carbocycles. The van der Waals surface area contributed by atoms with Gasteiger partial charge in [0.25, 0.3) is 0 Å². The maximum absolute atomic E-state index is 12.1. The molecule has 1 N–H and O–H groups in total. The number of halogens is 3. The molecule has 0 aromatic rings. The van der Waals surface area contributed by atoms with Crippen molar-refractivity contribution in [3.05, 3.63) is 0 Å². The number of rotatable bonds is 9. The van der Waals surface area contributed by atoms with E-state index in [9.17, 15) is 13.2 Å². The molecular weight excluding hydrogens is 231 g/mol. The van der Waals surface area contributed by atoms with Crippen LogP contribution >= 0.6 is 0 Å². The lowest BCUT2D eigenvalue weighted by Gasteiger charge is -2.16. The molecule has 0 aromatic heterocycles. The van der Waals surface area contributed by atoms with E-state index in [1.165, 1.54) is 0 Å². The molecule has 0 rings (SSSR count). The highest BCUT2D eigenvalue weighted by Crippen LogP contribution is 2.22. The topological polar surface area (TPSA) is 21.3 Å². The Labute approximate surface area is 102 Å². The van der Waals surface area contributed by atoms with Crippen molar-refractivity contribution in [1.82, 2.24) is 5.32 Å². The van der Waals surface area contributed by atoms with Gasteiger partial charge in [-0.1, -0.05) is 13.8 Å². The van der Waals surface area contributed by atoms with Crippen molar-refractivity contribution < 1.29 is 17.9 Å². The fourth-order valence-corrected chi connectivity index (χ4v) is 1.27. The Bertz CT molecular complexity index is 183. The van der Waals surface area contributed by atoms with Crippen LogP contribution in [0.15, 0.2) is 0 Å². The van der Waals surface area contributed by atoms with Gasteiger partial charge >= 0.3 is 6.18 Å². The summed E-state index contributed by atoms with van der Waals surface area (Å²) in [6.07, 6.45) is -3.32. The van der Waals surface area contributed by atoms with E-state index in [-0.39, 0.29) is 6.61 Å². The second-order valence-electron chi connectivity index (χ2n) is 4.71. The molecular formula is C12H24F3NO. The molecule has 0 radical (unpaired) electrons. The summed E-state index contributed by atoms with van der Waals surface area (Å²) in [7, 11) is 0. The van der Waals surface area contributed by atoms with Gasteiger partial charge < -0.3 is 10.1 Å². The number of ether oxygens (including phenoxy) is 1. The summed E-state index contributed by atoms with van der Waals surface area (Å²) in [6.45, 7) is 7.42. The third-order valence-corrected chi connectivity index (χ3v) is 2.38. The van der Waals surface area contributed by atoms with E-state index in [0.29, 0.717) is 12.3 Å². The maximum Gasteiger partial charge on any atom is 0.414 e. The summed E-state index contributed by atoms with van der Waals surface area (Å²) in [5, 5.41) is 3.29.